The number of hydrogen-bond donors (Lipinski definition) is 1. The van der Waals surface area contributed by atoms with Crippen molar-refractivity contribution in [2.45, 2.75) is 71.0 Å². The van der Waals surface area contributed by atoms with Crippen molar-refractivity contribution >= 4 is 27.5 Å². The fraction of sp³-hybridized carbons (Fsp3) is 0.355. The van der Waals surface area contributed by atoms with Gasteiger partial charge in [0.15, 0.2) is 0 Å². The van der Waals surface area contributed by atoms with E-state index >= 15 is 0 Å². The normalized spacial score (nSPS) is 12.5. The van der Waals surface area contributed by atoms with E-state index in [0.29, 0.717) is 17.7 Å². The Balaban J connectivity index is 2.07. The van der Waals surface area contributed by atoms with Gasteiger partial charge in [0.25, 0.3) is 10.0 Å². The smallest absolute Gasteiger partial charge is 0.264 e. The number of rotatable bonds is 10. The molecule has 0 bridgehead atoms. The number of carbonyl (C=O) groups is 2. The number of sulfonamides is 1. The summed E-state index contributed by atoms with van der Waals surface area (Å²) in [6.45, 7) is 10.3. The molecule has 0 spiro atoms. The zero-order valence-electron chi connectivity index (χ0n) is 23.9. The molecular formula is C31H38FN3O4S. The van der Waals surface area contributed by atoms with Gasteiger partial charge in [-0.25, -0.2) is 12.8 Å². The number of nitrogens with one attached hydrogen (secondary N) is 1. The molecule has 0 aliphatic heterocycles. The van der Waals surface area contributed by atoms with E-state index in [0.717, 1.165) is 15.4 Å². The Morgan fingerprint density at radius 1 is 0.950 bits per heavy atom. The number of para-hydroxylation sites is 1. The quantitative estimate of drug-likeness (QED) is 0.364. The van der Waals surface area contributed by atoms with Crippen LogP contribution >= 0.6 is 0 Å². The minimum atomic E-state index is -4.15. The summed E-state index contributed by atoms with van der Waals surface area (Å²) < 4.78 is 42.7. The van der Waals surface area contributed by atoms with Crippen LogP contribution in [0.5, 0.6) is 0 Å². The van der Waals surface area contributed by atoms with Crippen LogP contribution in [0.15, 0.2) is 77.7 Å². The number of benzene rings is 3. The Bertz CT molecular complexity index is 1430. The molecular weight excluding hydrogens is 529 g/mol. The molecule has 3 rings (SSSR count). The molecule has 2 amide bonds. The van der Waals surface area contributed by atoms with Gasteiger partial charge >= 0.3 is 0 Å². The molecule has 0 radical (unpaired) electrons. The van der Waals surface area contributed by atoms with Crippen molar-refractivity contribution in [2.24, 2.45) is 0 Å². The third-order valence-electron chi connectivity index (χ3n) is 6.46. The fourth-order valence-corrected chi connectivity index (χ4v) is 5.70. The fourth-order valence-electron chi connectivity index (χ4n) is 4.25. The maximum atomic E-state index is 14.0. The zero-order chi connectivity index (χ0) is 29.7. The van der Waals surface area contributed by atoms with Crippen LogP contribution in [0, 0.1) is 12.7 Å². The van der Waals surface area contributed by atoms with E-state index < -0.39 is 39.9 Å². The topological polar surface area (TPSA) is 86.8 Å². The monoisotopic (exact) mass is 567 g/mol. The Hall–Kier alpha value is -3.72. The zero-order valence-corrected chi connectivity index (χ0v) is 24.8. The standard InChI is InChI=1S/C31H38FN3O4S/c1-7-25-10-8-9-11-28(25)35(40(38,39)27-18-12-22(2)13-19-27)21-29(36)34(20-24-14-16-26(32)17-15-24)23(3)30(37)33-31(4,5)6/h8-19,23H,7,20-21H2,1-6H3,(H,33,37). The molecule has 3 aromatic carbocycles. The van der Waals surface area contributed by atoms with Gasteiger partial charge in [0.05, 0.1) is 10.6 Å². The van der Waals surface area contributed by atoms with Gasteiger partial charge in [-0.15, -0.1) is 0 Å². The molecule has 1 unspecified atom stereocenters. The number of carbonyl (C=O) groups excluding carboxylic acids is 2. The number of aryl methyl sites for hydroxylation is 2. The van der Waals surface area contributed by atoms with Gasteiger partial charge in [-0.05, 0) is 82.5 Å². The largest absolute Gasteiger partial charge is 0.350 e. The molecule has 1 atom stereocenters. The third-order valence-corrected chi connectivity index (χ3v) is 8.23. The maximum Gasteiger partial charge on any atom is 0.264 e. The number of anilines is 1. The predicted octanol–water partition coefficient (Wildman–Crippen LogP) is 5.22. The van der Waals surface area contributed by atoms with Crippen molar-refractivity contribution in [3.8, 4) is 0 Å². The number of halogens is 1. The lowest BCUT2D eigenvalue weighted by Crippen LogP contribution is -2.54. The highest BCUT2D eigenvalue weighted by Gasteiger charge is 2.34. The van der Waals surface area contributed by atoms with Crippen molar-refractivity contribution in [3.05, 3.63) is 95.3 Å². The molecule has 1 N–H and O–H groups in total. The van der Waals surface area contributed by atoms with Crippen LogP contribution in [0.1, 0.15) is 51.3 Å². The van der Waals surface area contributed by atoms with Crippen LogP contribution in [-0.4, -0.2) is 43.3 Å². The lowest BCUT2D eigenvalue weighted by atomic mass is 10.1. The first-order chi connectivity index (χ1) is 18.7. The summed E-state index contributed by atoms with van der Waals surface area (Å²) in [5.74, 6) is -1.38. The summed E-state index contributed by atoms with van der Waals surface area (Å²) in [4.78, 5) is 28.6. The summed E-state index contributed by atoms with van der Waals surface area (Å²) in [5, 5.41) is 2.89. The minimum absolute atomic E-state index is 0.00825. The molecule has 3 aromatic rings. The molecule has 0 aromatic heterocycles. The lowest BCUT2D eigenvalue weighted by Gasteiger charge is -2.34. The number of hydrogen-bond acceptors (Lipinski definition) is 4. The summed E-state index contributed by atoms with van der Waals surface area (Å²) >= 11 is 0. The highest BCUT2D eigenvalue weighted by atomic mass is 32.2. The molecule has 9 heteroatoms. The molecule has 0 fully saturated rings. The second-order valence-electron chi connectivity index (χ2n) is 10.9. The molecule has 0 aliphatic rings. The van der Waals surface area contributed by atoms with Gasteiger partial charge < -0.3 is 10.2 Å². The van der Waals surface area contributed by atoms with E-state index in [2.05, 4.69) is 5.32 Å². The Morgan fingerprint density at radius 2 is 1.55 bits per heavy atom. The van der Waals surface area contributed by atoms with E-state index in [1.54, 1.807) is 31.2 Å². The number of nitrogens with zero attached hydrogens (tertiary/aromatic N) is 2. The van der Waals surface area contributed by atoms with Crippen molar-refractivity contribution in [1.82, 2.24) is 10.2 Å². The highest BCUT2D eigenvalue weighted by Crippen LogP contribution is 2.28. The summed E-state index contributed by atoms with van der Waals surface area (Å²) in [7, 11) is -4.15. The number of amides is 2. The van der Waals surface area contributed by atoms with Gasteiger partial charge in [-0.1, -0.05) is 55.0 Å². The third kappa shape index (κ3) is 7.69. The summed E-state index contributed by atoms with van der Waals surface area (Å²) in [6.07, 6.45) is 0.550. The molecule has 7 nitrogen and oxygen atoms in total. The van der Waals surface area contributed by atoms with Crippen LogP contribution in [0.4, 0.5) is 10.1 Å². The van der Waals surface area contributed by atoms with E-state index in [9.17, 15) is 22.4 Å². The Labute approximate surface area is 237 Å². The summed E-state index contributed by atoms with van der Waals surface area (Å²) in [5.41, 5.74) is 2.12. The van der Waals surface area contributed by atoms with Crippen LogP contribution in [0.2, 0.25) is 0 Å². The molecule has 0 aliphatic carbocycles. The second kappa shape index (κ2) is 12.6. The predicted molar refractivity (Wildman–Crippen MR) is 156 cm³/mol. The molecule has 0 heterocycles. The first-order valence-electron chi connectivity index (χ1n) is 13.3. The van der Waals surface area contributed by atoms with Gasteiger partial charge in [0.2, 0.25) is 11.8 Å². The van der Waals surface area contributed by atoms with Crippen molar-refractivity contribution in [1.29, 1.82) is 0 Å². The first-order valence-corrected chi connectivity index (χ1v) is 14.7. The molecule has 40 heavy (non-hydrogen) atoms. The van der Waals surface area contributed by atoms with Gasteiger partial charge in [-0.2, -0.15) is 0 Å². The van der Waals surface area contributed by atoms with E-state index in [-0.39, 0.29) is 17.3 Å². The summed E-state index contributed by atoms with van der Waals surface area (Å²) in [6, 6.07) is 18.2. The molecule has 0 saturated carbocycles. The molecule has 0 saturated heterocycles. The van der Waals surface area contributed by atoms with Gasteiger partial charge in [-0.3, -0.25) is 13.9 Å². The SMILES string of the molecule is CCc1ccccc1N(CC(=O)N(Cc1ccc(F)cc1)C(C)C(=O)NC(C)(C)C)S(=O)(=O)c1ccc(C)cc1. The lowest BCUT2D eigenvalue weighted by molar-refractivity contribution is -0.140. The van der Waals surface area contributed by atoms with Crippen LogP contribution in [0.25, 0.3) is 0 Å². The Morgan fingerprint density at radius 3 is 2.12 bits per heavy atom. The average molecular weight is 568 g/mol. The average Bonchev–Trinajstić information content (AvgIpc) is 2.90. The van der Waals surface area contributed by atoms with Gasteiger partial charge in [0, 0.05) is 12.1 Å². The van der Waals surface area contributed by atoms with Gasteiger partial charge in [0.1, 0.15) is 18.4 Å². The van der Waals surface area contributed by atoms with E-state index in [4.69, 9.17) is 0 Å². The molecule has 214 valence electrons. The van der Waals surface area contributed by atoms with Crippen molar-refractivity contribution in [2.75, 3.05) is 10.8 Å². The highest BCUT2D eigenvalue weighted by molar-refractivity contribution is 7.92. The van der Waals surface area contributed by atoms with Crippen molar-refractivity contribution in [3.63, 3.8) is 0 Å². The van der Waals surface area contributed by atoms with E-state index in [1.165, 1.54) is 41.3 Å². The minimum Gasteiger partial charge on any atom is -0.350 e. The second-order valence-corrected chi connectivity index (χ2v) is 12.7. The Kier molecular flexibility index (Phi) is 9.73. The van der Waals surface area contributed by atoms with Crippen molar-refractivity contribution < 1.29 is 22.4 Å². The van der Waals surface area contributed by atoms with E-state index in [1.807, 2.05) is 46.8 Å². The van der Waals surface area contributed by atoms with Crippen LogP contribution in [-0.2, 0) is 32.6 Å². The van der Waals surface area contributed by atoms with Crippen LogP contribution in [0.3, 0.4) is 0 Å². The van der Waals surface area contributed by atoms with Crippen LogP contribution < -0.4 is 9.62 Å². The first kappa shape index (κ1) is 30.8. The maximum absolute atomic E-state index is 14.0.